The molecule has 1 unspecified atom stereocenters. The first kappa shape index (κ1) is 13.7. The summed E-state index contributed by atoms with van der Waals surface area (Å²) in [6.45, 7) is 6.70. The van der Waals surface area contributed by atoms with Crippen LogP contribution >= 0.6 is 0 Å². The summed E-state index contributed by atoms with van der Waals surface area (Å²) in [5, 5.41) is 12.6. The van der Waals surface area contributed by atoms with Crippen molar-refractivity contribution >= 4 is 11.6 Å². The van der Waals surface area contributed by atoms with Crippen molar-refractivity contribution in [2.45, 2.75) is 45.6 Å². The van der Waals surface area contributed by atoms with Gasteiger partial charge in [-0.2, -0.15) is 0 Å². The maximum Gasteiger partial charge on any atom is 0.135 e. The smallest absolute Gasteiger partial charge is 0.135 e. The molecule has 1 atom stereocenters. The Morgan fingerprint density at radius 3 is 2.71 bits per heavy atom. The van der Waals surface area contributed by atoms with Gasteiger partial charge in [0.2, 0.25) is 0 Å². The van der Waals surface area contributed by atoms with Crippen LogP contribution in [0.1, 0.15) is 45.4 Å². The second-order valence-electron chi connectivity index (χ2n) is 4.47. The van der Waals surface area contributed by atoms with Gasteiger partial charge in [0.1, 0.15) is 17.5 Å². The average molecular weight is 238 g/mol. The lowest BCUT2D eigenvalue weighted by atomic mass is 10.2. The molecule has 0 aliphatic carbocycles. The number of hydrogen-bond acceptors (Lipinski definition) is 5. The Bertz CT molecular complexity index is 354. The fourth-order valence-electron chi connectivity index (χ4n) is 1.41. The molecule has 0 aliphatic heterocycles. The molecular formula is C12H22N4O. The van der Waals surface area contributed by atoms with E-state index in [9.17, 15) is 5.11 Å². The van der Waals surface area contributed by atoms with Crippen LogP contribution in [-0.4, -0.2) is 27.7 Å². The van der Waals surface area contributed by atoms with Gasteiger partial charge in [0, 0.05) is 18.5 Å². The Hall–Kier alpha value is -1.36. The van der Waals surface area contributed by atoms with Crippen LogP contribution in [0.5, 0.6) is 0 Å². The van der Waals surface area contributed by atoms with Crippen molar-refractivity contribution in [3.8, 4) is 0 Å². The number of aliphatic hydroxyl groups excluding tert-OH is 1. The first-order chi connectivity index (χ1) is 8.02. The molecule has 0 amide bonds. The van der Waals surface area contributed by atoms with Crippen LogP contribution in [0.15, 0.2) is 6.07 Å². The molecule has 1 heterocycles. The molecular weight excluding hydrogens is 216 g/mol. The molecule has 0 fully saturated rings. The third kappa shape index (κ3) is 4.56. The summed E-state index contributed by atoms with van der Waals surface area (Å²) in [5.74, 6) is 2.19. The lowest BCUT2D eigenvalue weighted by Crippen LogP contribution is -2.14. The maximum atomic E-state index is 9.44. The molecule has 0 aromatic carbocycles. The number of nitrogens with two attached hydrogens (primary N) is 1. The molecule has 1 rings (SSSR count). The van der Waals surface area contributed by atoms with Gasteiger partial charge in [-0.1, -0.05) is 20.8 Å². The van der Waals surface area contributed by atoms with Gasteiger partial charge in [-0.15, -0.1) is 0 Å². The van der Waals surface area contributed by atoms with E-state index >= 15 is 0 Å². The fourth-order valence-corrected chi connectivity index (χ4v) is 1.41. The average Bonchev–Trinajstić information content (AvgIpc) is 2.28. The number of anilines is 2. The minimum atomic E-state index is -0.258. The van der Waals surface area contributed by atoms with Gasteiger partial charge in [0.05, 0.1) is 6.10 Å². The molecule has 0 saturated heterocycles. The molecule has 0 spiro atoms. The van der Waals surface area contributed by atoms with E-state index in [1.54, 1.807) is 6.07 Å². The van der Waals surface area contributed by atoms with Gasteiger partial charge in [0.25, 0.3) is 0 Å². The number of rotatable bonds is 6. The second kappa shape index (κ2) is 6.39. The summed E-state index contributed by atoms with van der Waals surface area (Å²) in [6, 6.07) is 1.71. The molecule has 0 aliphatic rings. The van der Waals surface area contributed by atoms with E-state index in [1.165, 1.54) is 0 Å². The minimum absolute atomic E-state index is 0.250. The third-order valence-electron chi connectivity index (χ3n) is 2.53. The number of nitrogens with zero attached hydrogens (tertiary/aromatic N) is 2. The predicted octanol–water partition coefficient (Wildman–Crippen LogP) is 1.76. The van der Waals surface area contributed by atoms with E-state index in [0.29, 0.717) is 18.8 Å². The molecule has 5 nitrogen and oxygen atoms in total. The minimum Gasteiger partial charge on any atom is -0.393 e. The summed E-state index contributed by atoms with van der Waals surface area (Å²) in [7, 11) is 0. The van der Waals surface area contributed by atoms with E-state index in [0.717, 1.165) is 18.1 Å². The van der Waals surface area contributed by atoms with Crippen LogP contribution in [0.4, 0.5) is 11.6 Å². The van der Waals surface area contributed by atoms with Gasteiger partial charge in [-0.3, -0.25) is 0 Å². The van der Waals surface area contributed by atoms with E-state index < -0.39 is 0 Å². The lowest BCUT2D eigenvalue weighted by molar-refractivity contribution is 0.164. The Labute approximate surface area is 102 Å². The molecule has 0 bridgehead atoms. The van der Waals surface area contributed by atoms with E-state index in [1.807, 2.05) is 20.8 Å². The predicted molar refractivity (Wildman–Crippen MR) is 69.9 cm³/mol. The largest absolute Gasteiger partial charge is 0.393 e. The first-order valence-electron chi connectivity index (χ1n) is 6.09. The molecule has 17 heavy (non-hydrogen) atoms. The van der Waals surface area contributed by atoms with Crippen molar-refractivity contribution in [2.24, 2.45) is 0 Å². The van der Waals surface area contributed by atoms with Crippen molar-refractivity contribution in [1.29, 1.82) is 0 Å². The second-order valence-corrected chi connectivity index (χ2v) is 4.47. The quantitative estimate of drug-likeness (QED) is 0.703. The molecule has 0 radical (unpaired) electrons. The zero-order chi connectivity index (χ0) is 12.8. The van der Waals surface area contributed by atoms with Crippen LogP contribution in [0, 0.1) is 0 Å². The van der Waals surface area contributed by atoms with Crippen LogP contribution in [0.2, 0.25) is 0 Å². The summed E-state index contributed by atoms with van der Waals surface area (Å²) in [4.78, 5) is 8.54. The highest BCUT2D eigenvalue weighted by molar-refractivity contribution is 5.44. The zero-order valence-electron chi connectivity index (χ0n) is 10.8. The monoisotopic (exact) mass is 238 g/mol. The Morgan fingerprint density at radius 1 is 1.41 bits per heavy atom. The van der Waals surface area contributed by atoms with Crippen molar-refractivity contribution in [3.05, 3.63) is 11.9 Å². The first-order valence-corrected chi connectivity index (χ1v) is 6.09. The Balaban J connectivity index is 2.59. The Morgan fingerprint density at radius 2 is 2.12 bits per heavy atom. The third-order valence-corrected chi connectivity index (χ3v) is 2.53. The van der Waals surface area contributed by atoms with Gasteiger partial charge in [-0.05, 0) is 12.8 Å². The number of aliphatic hydroxyl groups is 1. The molecule has 1 aromatic heterocycles. The van der Waals surface area contributed by atoms with Crippen LogP contribution in [0.3, 0.4) is 0 Å². The normalized spacial score (nSPS) is 12.8. The molecule has 1 aromatic rings. The van der Waals surface area contributed by atoms with Crippen LogP contribution < -0.4 is 11.1 Å². The number of nitrogen functional groups attached to an aromatic ring is 1. The topological polar surface area (TPSA) is 84.1 Å². The highest BCUT2D eigenvalue weighted by Gasteiger charge is 2.06. The number of nitrogens with one attached hydrogen (secondary N) is 1. The standard InChI is InChI=1S/C12H22N4O/c1-4-9(17)5-6-14-11-7-10(13)15-12(16-11)8(2)3/h7-9,17H,4-6H2,1-3H3,(H3,13,14,15,16). The van der Waals surface area contributed by atoms with Gasteiger partial charge >= 0.3 is 0 Å². The molecule has 96 valence electrons. The molecule has 4 N–H and O–H groups in total. The van der Waals surface area contributed by atoms with E-state index in [2.05, 4.69) is 15.3 Å². The fraction of sp³-hybridized carbons (Fsp3) is 0.667. The van der Waals surface area contributed by atoms with Gasteiger partial charge in [0.15, 0.2) is 0 Å². The zero-order valence-corrected chi connectivity index (χ0v) is 10.8. The highest BCUT2D eigenvalue weighted by atomic mass is 16.3. The van der Waals surface area contributed by atoms with E-state index in [-0.39, 0.29) is 12.0 Å². The molecule has 0 saturated carbocycles. The van der Waals surface area contributed by atoms with Gasteiger partial charge in [-0.25, -0.2) is 9.97 Å². The van der Waals surface area contributed by atoms with Gasteiger partial charge < -0.3 is 16.2 Å². The van der Waals surface area contributed by atoms with Crippen LogP contribution in [0.25, 0.3) is 0 Å². The van der Waals surface area contributed by atoms with Crippen molar-refractivity contribution in [1.82, 2.24) is 9.97 Å². The van der Waals surface area contributed by atoms with E-state index in [4.69, 9.17) is 5.73 Å². The summed E-state index contributed by atoms with van der Waals surface area (Å²) in [6.07, 6.45) is 1.22. The summed E-state index contributed by atoms with van der Waals surface area (Å²) < 4.78 is 0. The van der Waals surface area contributed by atoms with Crippen molar-refractivity contribution < 1.29 is 5.11 Å². The molecule has 5 heteroatoms. The number of aromatic nitrogens is 2. The highest BCUT2D eigenvalue weighted by Crippen LogP contribution is 2.15. The number of hydrogen-bond donors (Lipinski definition) is 3. The van der Waals surface area contributed by atoms with Crippen molar-refractivity contribution in [3.63, 3.8) is 0 Å². The SMILES string of the molecule is CCC(O)CCNc1cc(N)nc(C(C)C)n1. The summed E-state index contributed by atoms with van der Waals surface area (Å²) in [5.41, 5.74) is 5.71. The lowest BCUT2D eigenvalue weighted by Gasteiger charge is -2.11. The maximum absolute atomic E-state index is 9.44. The summed E-state index contributed by atoms with van der Waals surface area (Å²) >= 11 is 0. The van der Waals surface area contributed by atoms with Crippen molar-refractivity contribution in [2.75, 3.05) is 17.6 Å². The van der Waals surface area contributed by atoms with Crippen LogP contribution in [-0.2, 0) is 0 Å². The Kier molecular flexibility index (Phi) is 5.15.